The monoisotopic (exact) mass is 398 g/mol. The molecule has 1 unspecified atom stereocenters. The van der Waals surface area contributed by atoms with Gasteiger partial charge in [-0.1, -0.05) is 12.1 Å². The highest BCUT2D eigenvalue weighted by molar-refractivity contribution is 5.78. The van der Waals surface area contributed by atoms with Crippen LogP contribution in [0.4, 0.5) is 4.39 Å². The first-order chi connectivity index (χ1) is 14.0. The number of benzene rings is 1. The Labute approximate surface area is 168 Å². The number of ether oxygens (including phenoxy) is 1. The highest BCUT2D eigenvalue weighted by Gasteiger charge is 2.33. The van der Waals surface area contributed by atoms with Crippen LogP contribution in [0.1, 0.15) is 42.9 Å². The minimum Gasteiger partial charge on any atom is -0.481 e. The first-order valence-electron chi connectivity index (χ1n) is 9.80. The molecule has 0 aliphatic carbocycles. The summed E-state index contributed by atoms with van der Waals surface area (Å²) < 4.78 is 19.1. The van der Waals surface area contributed by atoms with Crippen LogP contribution in [-0.2, 0) is 22.6 Å². The number of halogens is 1. The number of hydrogen-bond donors (Lipinski definition) is 0. The molecule has 1 atom stereocenters. The topological polar surface area (TPSA) is 75.6 Å². The van der Waals surface area contributed by atoms with E-state index < -0.39 is 5.82 Å². The minimum absolute atomic E-state index is 0.0437. The van der Waals surface area contributed by atoms with E-state index in [0.29, 0.717) is 31.9 Å². The van der Waals surface area contributed by atoms with Crippen molar-refractivity contribution >= 4 is 11.8 Å². The number of aromatic nitrogens is 2. The van der Waals surface area contributed by atoms with Gasteiger partial charge >= 0.3 is 0 Å². The first kappa shape index (κ1) is 19.3. The summed E-state index contributed by atoms with van der Waals surface area (Å²) in [5.74, 6) is 0.0336. The van der Waals surface area contributed by atoms with Crippen LogP contribution in [0.25, 0.3) is 0 Å². The van der Waals surface area contributed by atoms with Gasteiger partial charge in [0.2, 0.25) is 5.91 Å². The van der Waals surface area contributed by atoms with E-state index in [0.717, 1.165) is 24.1 Å². The number of amides is 2. The molecule has 0 N–H and O–H groups in total. The van der Waals surface area contributed by atoms with Gasteiger partial charge in [-0.2, -0.15) is 0 Å². The maximum absolute atomic E-state index is 13.7. The number of nitrogens with zero attached hydrogens (tertiary/aromatic N) is 4. The van der Waals surface area contributed by atoms with Crippen molar-refractivity contribution in [2.75, 3.05) is 19.7 Å². The quantitative estimate of drug-likeness (QED) is 0.790. The second kappa shape index (κ2) is 8.14. The maximum atomic E-state index is 13.7. The summed E-state index contributed by atoms with van der Waals surface area (Å²) in [5, 5.41) is 0. The van der Waals surface area contributed by atoms with Gasteiger partial charge in [0.05, 0.1) is 11.7 Å². The van der Waals surface area contributed by atoms with Gasteiger partial charge in [0.25, 0.3) is 5.91 Å². The molecule has 0 bridgehead atoms. The van der Waals surface area contributed by atoms with Gasteiger partial charge in [-0.3, -0.25) is 9.59 Å². The number of carbonyl (C=O) groups excluding carboxylic acids is 2. The Bertz CT molecular complexity index is 936. The van der Waals surface area contributed by atoms with Gasteiger partial charge in [0.15, 0.2) is 24.0 Å². The number of rotatable bonds is 4. The zero-order valence-corrected chi connectivity index (χ0v) is 16.3. The summed E-state index contributed by atoms with van der Waals surface area (Å²) in [5.41, 5.74) is 1.89. The molecule has 1 aromatic carbocycles. The summed E-state index contributed by atoms with van der Waals surface area (Å²) in [4.78, 5) is 37.0. The van der Waals surface area contributed by atoms with Crippen LogP contribution in [0, 0.1) is 5.82 Å². The van der Waals surface area contributed by atoms with E-state index in [2.05, 4.69) is 4.98 Å². The van der Waals surface area contributed by atoms with Gasteiger partial charge in [-0.05, 0) is 25.0 Å². The lowest BCUT2D eigenvalue weighted by Gasteiger charge is -2.28. The van der Waals surface area contributed by atoms with Gasteiger partial charge in [-0.15, -0.1) is 0 Å². The van der Waals surface area contributed by atoms with E-state index in [1.165, 1.54) is 12.1 Å². The summed E-state index contributed by atoms with van der Waals surface area (Å²) in [6, 6.07) is 5.83. The van der Waals surface area contributed by atoms with Gasteiger partial charge in [-0.25, -0.2) is 14.4 Å². The second-order valence-corrected chi connectivity index (χ2v) is 7.35. The van der Waals surface area contributed by atoms with E-state index in [1.54, 1.807) is 35.1 Å². The number of likely N-dealkylation sites (tertiary alicyclic amines) is 1. The zero-order chi connectivity index (χ0) is 20.4. The Hall–Kier alpha value is -3.03. The molecule has 2 aromatic rings. The molecule has 2 amide bonds. The molecular formula is C21H23FN4O3. The molecule has 2 aliphatic rings. The Morgan fingerprint density at radius 1 is 1.28 bits per heavy atom. The lowest BCUT2D eigenvalue weighted by atomic mass is 10.1. The number of fused-ring (bicyclic) bond motifs is 1. The molecule has 2 aliphatic heterocycles. The Kier molecular flexibility index (Phi) is 5.42. The summed E-state index contributed by atoms with van der Waals surface area (Å²) in [7, 11) is 0. The van der Waals surface area contributed by atoms with E-state index in [-0.39, 0.29) is 30.2 Å². The molecular weight excluding hydrogens is 375 g/mol. The third-order valence-corrected chi connectivity index (χ3v) is 5.46. The van der Waals surface area contributed by atoms with Gasteiger partial charge in [0, 0.05) is 44.7 Å². The van der Waals surface area contributed by atoms with E-state index in [9.17, 15) is 14.0 Å². The second-order valence-electron chi connectivity index (χ2n) is 7.35. The average Bonchev–Trinajstić information content (AvgIpc) is 3.22. The molecule has 29 heavy (non-hydrogen) atoms. The van der Waals surface area contributed by atoms with Crippen molar-refractivity contribution in [1.82, 2.24) is 19.8 Å². The van der Waals surface area contributed by atoms with Crippen LogP contribution in [0.3, 0.4) is 0 Å². The van der Waals surface area contributed by atoms with Crippen LogP contribution in [-0.4, -0.2) is 51.3 Å². The molecule has 7 nitrogen and oxygen atoms in total. The maximum Gasteiger partial charge on any atom is 0.261 e. The summed E-state index contributed by atoms with van der Waals surface area (Å²) in [6.45, 7) is 3.10. The van der Waals surface area contributed by atoms with Crippen LogP contribution in [0.5, 0.6) is 5.75 Å². The molecule has 4 rings (SSSR count). The standard InChI is InChI=1S/C21H23FN4O3/c1-14(27)25-10-8-17-15(12-25)11-23-21(24-17)18-6-4-9-26(18)20(28)13-29-19-7-3-2-5-16(19)22/h2-3,5,7,11,18H,4,6,8-10,12-13H2,1H3. The molecule has 8 heteroatoms. The van der Waals surface area contributed by atoms with E-state index >= 15 is 0 Å². The fourth-order valence-corrected chi connectivity index (χ4v) is 3.88. The van der Waals surface area contributed by atoms with Crippen molar-refractivity contribution < 1.29 is 18.7 Å². The first-order valence-corrected chi connectivity index (χ1v) is 9.80. The van der Waals surface area contributed by atoms with Crippen molar-refractivity contribution in [1.29, 1.82) is 0 Å². The highest BCUT2D eigenvalue weighted by Crippen LogP contribution is 2.31. The van der Waals surface area contributed by atoms with Crippen LogP contribution < -0.4 is 4.74 Å². The smallest absolute Gasteiger partial charge is 0.261 e. The normalized spacial score (nSPS) is 18.5. The Morgan fingerprint density at radius 2 is 2.10 bits per heavy atom. The minimum atomic E-state index is -0.490. The summed E-state index contributed by atoms with van der Waals surface area (Å²) >= 11 is 0. The molecule has 152 valence electrons. The Morgan fingerprint density at radius 3 is 2.90 bits per heavy atom. The molecule has 0 radical (unpaired) electrons. The Balaban J connectivity index is 1.45. The van der Waals surface area contributed by atoms with Crippen molar-refractivity contribution in [3.63, 3.8) is 0 Å². The highest BCUT2D eigenvalue weighted by atomic mass is 19.1. The predicted octanol–water partition coefficient (Wildman–Crippen LogP) is 2.26. The van der Waals surface area contributed by atoms with Gasteiger partial charge in [0.1, 0.15) is 0 Å². The SMILES string of the molecule is CC(=O)N1CCc2nc(C3CCCN3C(=O)COc3ccccc3F)ncc2C1. The molecule has 0 saturated carbocycles. The fraction of sp³-hybridized carbons (Fsp3) is 0.429. The van der Waals surface area contributed by atoms with Crippen molar-refractivity contribution in [2.45, 2.75) is 38.8 Å². The van der Waals surface area contributed by atoms with Crippen LogP contribution in [0.15, 0.2) is 30.5 Å². The molecule has 3 heterocycles. The van der Waals surface area contributed by atoms with E-state index in [4.69, 9.17) is 9.72 Å². The third-order valence-electron chi connectivity index (χ3n) is 5.46. The summed E-state index contributed by atoms with van der Waals surface area (Å²) in [6.07, 6.45) is 4.09. The van der Waals surface area contributed by atoms with Crippen LogP contribution in [0.2, 0.25) is 0 Å². The van der Waals surface area contributed by atoms with E-state index in [1.807, 2.05) is 0 Å². The fourth-order valence-electron chi connectivity index (χ4n) is 3.88. The lowest BCUT2D eigenvalue weighted by Crippen LogP contribution is -2.37. The lowest BCUT2D eigenvalue weighted by molar-refractivity contribution is -0.134. The third kappa shape index (κ3) is 4.06. The molecule has 0 spiro atoms. The zero-order valence-electron chi connectivity index (χ0n) is 16.3. The van der Waals surface area contributed by atoms with Crippen molar-refractivity contribution in [2.24, 2.45) is 0 Å². The molecule has 1 aromatic heterocycles. The molecule has 1 fully saturated rings. The predicted molar refractivity (Wildman–Crippen MR) is 102 cm³/mol. The number of carbonyl (C=O) groups is 2. The number of hydrogen-bond acceptors (Lipinski definition) is 5. The van der Waals surface area contributed by atoms with Crippen LogP contribution >= 0.6 is 0 Å². The largest absolute Gasteiger partial charge is 0.481 e. The number of para-hydroxylation sites is 1. The van der Waals surface area contributed by atoms with Crippen molar-refractivity contribution in [3.05, 3.63) is 53.4 Å². The molecule has 1 saturated heterocycles. The van der Waals surface area contributed by atoms with Gasteiger partial charge < -0.3 is 14.5 Å². The average molecular weight is 398 g/mol. The van der Waals surface area contributed by atoms with Crippen molar-refractivity contribution in [3.8, 4) is 5.75 Å².